The third-order valence-electron chi connectivity index (χ3n) is 4.92. The Labute approximate surface area is 165 Å². The third-order valence-corrected chi connectivity index (χ3v) is 4.92. The maximum Gasteiger partial charge on any atom is 0.247 e. The summed E-state index contributed by atoms with van der Waals surface area (Å²) in [5.41, 5.74) is 1.97. The molecule has 0 atom stereocenters. The quantitative estimate of drug-likeness (QED) is 0.675. The molecule has 0 unspecified atom stereocenters. The Balaban J connectivity index is 1.37. The summed E-state index contributed by atoms with van der Waals surface area (Å²) in [5, 5.41) is 8.39. The lowest BCUT2D eigenvalue weighted by Gasteiger charge is -2.35. The van der Waals surface area contributed by atoms with E-state index in [1.165, 1.54) is 0 Å². The van der Waals surface area contributed by atoms with Crippen LogP contribution < -0.4 is 4.90 Å². The van der Waals surface area contributed by atoms with Gasteiger partial charge in [0.05, 0.1) is 6.54 Å². The number of benzene rings is 1. The van der Waals surface area contributed by atoms with Gasteiger partial charge < -0.3 is 9.32 Å². The molecule has 0 amide bonds. The van der Waals surface area contributed by atoms with Crippen LogP contribution in [0.1, 0.15) is 37.2 Å². The van der Waals surface area contributed by atoms with Gasteiger partial charge in [-0.25, -0.2) is 9.97 Å². The molecule has 1 saturated heterocycles. The van der Waals surface area contributed by atoms with Crippen molar-refractivity contribution in [3.63, 3.8) is 0 Å². The molecule has 3 heterocycles. The smallest absolute Gasteiger partial charge is 0.247 e. The molecule has 28 heavy (non-hydrogen) atoms. The van der Waals surface area contributed by atoms with E-state index < -0.39 is 0 Å². The van der Waals surface area contributed by atoms with E-state index in [2.05, 4.69) is 44.9 Å². The van der Waals surface area contributed by atoms with Gasteiger partial charge in [-0.05, 0) is 19.1 Å². The van der Waals surface area contributed by atoms with Crippen molar-refractivity contribution < 1.29 is 4.42 Å². The van der Waals surface area contributed by atoms with Crippen LogP contribution in [0.3, 0.4) is 0 Å². The average Bonchev–Trinajstić information content (AvgIpc) is 3.17. The number of nitrogens with zero attached hydrogens (tertiary/aromatic N) is 6. The minimum absolute atomic E-state index is 0.330. The van der Waals surface area contributed by atoms with Gasteiger partial charge in [-0.15, -0.1) is 10.2 Å². The first-order valence-electron chi connectivity index (χ1n) is 9.79. The lowest BCUT2D eigenvalue weighted by atomic mass is 10.2. The number of rotatable bonds is 5. The Bertz CT molecular complexity index is 916. The highest BCUT2D eigenvalue weighted by Gasteiger charge is 2.21. The molecule has 1 aliphatic rings. The number of aromatic nitrogens is 4. The summed E-state index contributed by atoms with van der Waals surface area (Å²) in [7, 11) is 0. The van der Waals surface area contributed by atoms with Gasteiger partial charge in [-0.3, -0.25) is 4.90 Å². The zero-order valence-electron chi connectivity index (χ0n) is 16.7. The van der Waals surface area contributed by atoms with Crippen LogP contribution in [-0.4, -0.2) is 51.2 Å². The van der Waals surface area contributed by atoms with Crippen molar-refractivity contribution in [3.8, 4) is 11.5 Å². The maximum absolute atomic E-state index is 5.84. The molecule has 1 fully saturated rings. The summed E-state index contributed by atoms with van der Waals surface area (Å²) in [4.78, 5) is 14.0. The number of hydrogen-bond acceptors (Lipinski definition) is 7. The van der Waals surface area contributed by atoms with Gasteiger partial charge in [0.2, 0.25) is 11.8 Å². The number of aryl methyl sites for hydroxylation is 1. The molecule has 0 N–H and O–H groups in total. The van der Waals surface area contributed by atoms with Crippen molar-refractivity contribution in [2.75, 3.05) is 31.1 Å². The minimum atomic E-state index is 0.330. The highest BCUT2D eigenvalue weighted by molar-refractivity contribution is 5.51. The summed E-state index contributed by atoms with van der Waals surface area (Å²) in [6, 6.07) is 11.9. The normalized spacial score (nSPS) is 15.4. The Morgan fingerprint density at radius 1 is 1.00 bits per heavy atom. The summed E-state index contributed by atoms with van der Waals surface area (Å²) in [6.07, 6.45) is 0. The fraction of sp³-hybridized carbons (Fsp3) is 0.429. The van der Waals surface area contributed by atoms with Crippen LogP contribution in [0, 0.1) is 6.92 Å². The number of piperazine rings is 1. The molecule has 146 valence electrons. The van der Waals surface area contributed by atoms with Crippen LogP contribution >= 0.6 is 0 Å². The standard InChI is InChI=1S/C21H26N6O/c1-15(2)20-22-16(3)13-18(23-20)27-11-9-26(10-12-27)14-19-24-25-21(28-19)17-7-5-4-6-8-17/h4-8,13,15H,9-12,14H2,1-3H3. The predicted molar refractivity (Wildman–Crippen MR) is 108 cm³/mol. The molecule has 1 aliphatic heterocycles. The van der Waals surface area contributed by atoms with E-state index in [0.717, 1.165) is 49.1 Å². The van der Waals surface area contributed by atoms with E-state index >= 15 is 0 Å². The first-order valence-corrected chi connectivity index (χ1v) is 9.79. The molecule has 0 aliphatic carbocycles. The second kappa shape index (κ2) is 8.06. The first kappa shape index (κ1) is 18.6. The maximum atomic E-state index is 5.84. The summed E-state index contributed by atoms with van der Waals surface area (Å²) in [6.45, 7) is 10.7. The second-order valence-electron chi connectivity index (χ2n) is 7.51. The van der Waals surface area contributed by atoms with Crippen LogP contribution in [0.2, 0.25) is 0 Å². The molecular formula is C21H26N6O. The van der Waals surface area contributed by atoms with Gasteiger partial charge in [0.1, 0.15) is 11.6 Å². The fourth-order valence-electron chi connectivity index (χ4n) is 3.34. The van der Waals surface area contributed by atoms with E-state index in [-0.39, 0.29) is 0 Å². The van der Waals surface area contributed by atoms with Gasteiger partial charge in [0, 0.05) is 49.4 Å². The minimum Gasteiger partial charge on any atom is -0.419 e. The van der Waals surface area contributed by atoms with Crippen molar-refractivity contribution in [3.05, 3.63) is 53.8 Å². The topological polar surface area (TPSA) is 71.2 Å². The molecule has 7 nitrogen and oxygen atoms in total. The second-order valence-corrected chi connectivity index (χ2v) is 7.51. The molecule has 0 radical (unpaired) electrons. The fourth-order valence-corrected chi connectivity index (χ4v) is 3.34. The van der Waals surface area contributed by atoms with Gasteiger partial charge in [0.25, 0.3) is 0 Å². The SMILES string of the molecule is Cc1cc(N2CCN(Cc3nnc(-c4ccccc4)o3)CC2)nc(C(C)C)n1. The monoisotopic (exact) mass is 378 g/mol. The summed E-state index contributed by atoms with van der Waals surface area (Å²) < 4.78 is 5.84. The molecule has 3 aromatic rings. The largest absolute Gasteiger partial charge is 0.419 e. The van der Waals surface area contributed by atoms with E-state index in [4.69, 9.17) is 9.40 Å². The van der Waals surface area contributed by atoms with Crippen molar-refractivity contribution in [1.29, 1.82) is 0 Å². The van der Waals surface area contributed by atoms with Crippen LogP contribution in [0.5, 0.6) is 0 Å². The molecule has 0 bridgehead atoms. The molecule has 0 saturated carbocycles. The van der Waals surface area contributed by atoms with Crippen LogP contribution in [0.25, 0.3) is 11.5 Å². The molecule has 4 rings (SSSR count). The van der Waals surface area contributed by atoms with Crippen LogP contribution in [0.4, 0.5) is 5.82 Å². The zero-order chi connectivity index (χ0) is 19.5. The highest BCUT2D eigenvalue weighted by Crippen LogP contribution is 2.20. The van der Waals surface area contributed by atoms with Gasteiger partial charge in [-0.1, -0.05) is 32.0 Å². The summed E-state index contributed by atoms with van der Waals surface area (Å²) in [5.74, 6) is 3.51. The highest BCUT2D eigenvalue weighted by atomic mass is 16.4. The molecule has 7 heteroatoms. The Morgan fingerprint density at radius 3 is 2.46 bits per heavy atom. The Morgan fingerprint density at radius 2 is 1.75 bits per heavy atom. The molecule has 0 spiro atoms. The van der Waals surface area contributed by atoms with Gasteiger partial charge >= 0.3 is 0 Å². The van der Waals surface area contributed by atoms with Crippen LogP contribution in [-0.2, 0) is 6.54 Å². The van der Waals surface area contributed by atoms with Gasteiger partial charge in [-0.2, -0.15) is 0 Å². The Kier molecular flexibility index (Phi) is 5.34. The molecule has 1 aromatic carbocycles. The lowest BCUT2D eigenvalue weighted by Crippen LogP contribution is -2.46. The lowest BCUT2D eigenvalue weighted by molar-refractivity contribution is 0.226. The van der Waals surface area contributed by atoms with E-state index in [1.54, 1.807) is 0 Å². The van der Waals surface area contributed by atoms with Crippen molar-refractivity contribution in [2.24, 2.45) is 0 Å². The van der Waals surface area contributed by atoms with Crippen molar-refractivity contribution >= 4 is 5.82 Å². The van der Waals surface area contributed by atoms with Gasteiger partial charge in [0.15, 0.2) is 0 Å². The third kappa shape index (κ3) is 4.20. The predicted octanol–water partition coefficient (Wildman–Crippen LogP) is 3.28. The van der Waals surface area contributed by atoms with Crippen molar-refractivity contribution in [1.82, 2.24) is 25.1 Å². The Hall–Kier alpha value is -2.80. The van der Waals surface area contributed by atoms with E-state index in [0.29, 0.717) is 24.2 Å². The van der Waals surface area contributed by atoms with E-state index in [1.807, 2.05) is 37.3 Å². The molecular weight excluding hydrogens is 352 g/mol. The summed E-state index contributed by atoms with van der Waals surface area (Å²) >= 11 is 0. The first-order chi connectivity index (χ1) is 13.6. The van der Waals surface area contributed by atoms with E-state index in [9.17, 15) is 0 Å². The average molecular weight is 378 g/mol. The van der Waals surface area contributed by atoms with Crippen LogP contribution in [0.15, 0.2) is 40.8 Å². The van der Waals surface area contributed by atoms with Crippen molar-refractivity contribution in [2.45, 2.75) is 33.2 Å². The number of hydrogen-bond donors (Lipinski definition) is 0. The zero-order valence-corrected chi connectivity index (χ0v) is 16.7. The number of anilines is 1. The molecule has 2 aromatic heterocycles.